The molecular weight excluding hydrogens is 460 g/mol. The fourth-order valence-electron chi connectivity index (χ4n) is 3.85. The number of carbonyl (C=O) groups excluding carboxylic acids is 2. The SMILES string of the molecule is COc1ccc(CN(C(=O)CN2C(=O)c3ccccc3S2(=O)=O)C(C)Cc2cccs2)cc1. The van der Waals surface area contributed by atoms with E-state index in [-0.39, 0.29) is 23.0 Å². The van der Waals surface area contributed by atoms with E-state index in [1.165, 1.54) is 12.1 Å². The zero-order chi connectivity index (χ0) is 23.6. The molecule has 0 spiro atoms. The van der Waals surface area contributed by atoms with Crippen molar-refractivity contribution in [3.05, 3.63) is 82.0 Å². The second-order valence-electron chi connectivity index (χ2n) is 7.82. The van der Waals surface area contributed by atoms with Gasteiger partial charge in [0.15, 0.2) is 0 Å². The van der Waals surface area contributed by atoms with Gasteiger partial charge in [0.2, 0.25) is 5.91 Å². The van der Waals surface area contributed by atoms with Crippen LogP contribution >= 0.6 is 11.3 Å². The van der Waals surface area contributed by atoms with Crippen LogP contribution in [0.4, 0.5) is 0 Å². The second kappa shape index (κ2) is 9.36. The van der Waals surface area contributed by atoms with Crippen LogP contribution in [-0.4, -0.2) is 49.1 Å². The van der Waals surface area contributed by atoms with Crippen molar-refractivity contribution in [3.8, 4) is 5.75 Å². The molecule has 0 aliphatic carbocycles. The summed E-state index contributed by atoms with van der Waals surface area (Å²) in [6.07, 6.45) is 0.625. The highest BCUT2D eigenvalue weighted by Crippen LogP contribution is 2.30. The molecule has 1 aliphatic rings. The van der Waals surface area contributed by atoms with E-state index >= 15 is 0 Å². The number of carbonyl (C=O) groups is 2. The first-order chi connectivity index (χ1) is 15.8. The van der Waals surface area contributed by atoms with Crippen LogP contribution in [0.25, 0.3) is 0 Å². The van der Waals surface area contributed by atoms with E-state index in [1.54, 1.807) is 35.5 Å². The minimum atomic E-state index is -4.06. The topological polar surface area (TPSA) is 84.0 Å². The van der Waals surface area contributed by atoms with Gasteiger partial charge in [-0.1, -0.05) is 30.3 Å². The van der Waals surface area contributed by atoms with Crippen molar-refractivity contribution in [2.75, 3.05) is 13.7 Å². The molecule has 2 aromatic carbocycles. The van der Waals surface area contributed by atoms with Crippen molar-refractivity contribution >= 4 is 33.2 Å². The van der Waals surface area contributed by atoms with Crippen LogP contribution in [0.3, 0.4) is 0 Å². The molecule has 4 rings (SSSR count). The Bertz CT molecular complexity index is 1250. The number of hydrogen-bond acceptors (Lipinski definition) is 6. The van der Waals surface area contributed by atoms with Crippen LogP contribution in [-0.2, 0) is 27.8 Å². The largest absolute Gasteiger partial charge is 0.497 e. The van der Waals surface area contributed by atoms with Crippen LogP contribution in [0.5, 0.6) is 5.75 Å². The Kier molecular flexibility index (Phi) is 6.53. The summed E-state index contributed by atoms with van der Waals surface area (Å²) < 4.78 is 31.7. The van der Waals surface area contributed by atoms with Gasteiger partial charge in [-0.2, -0.15) is 0 Å². The number of rotatable bonds is 8. The van der Waals surface area contributed by atoms with Crippen LogP contribution in [0.2, 0.25) is 0 Å². The Morgan fingerprint density at radius 3 is 2.45 bits per heavy atom. The average Bonchev–Trinajstić information content (AvgIpc) is 3.39. The Labute approximate surface area is 197 Å². The lowest BCUT2D eigenvalue weighted by molar-refractivity contribution is -0.133. The summed E-state index contributed by atoms with van der Waals surface area (Å²) in [6, 6.07) is 17.1. The third-order valence-corrected chi connectivity index (χ3v) is 8.32. The van der Waals surface area contributed by atoms with Gasteiger partial charge >= 0.3 is 0 Å². The summed E-state index contributed by atoms with van der Waals surface area (Å²) in [5.41, 5.74) is 0.972. The quantitative estimate of drug-likeness (QED) is 0.488. The third-order valence-electron chi connectivity index (χ3n) is 5.63. The van der Waals surface area contributed by atoms with E-state index in [4.69, 9.17) is 4.74 Å². The Morgan fingerprint density at radius 1 is 1.09 bits per heavy atom. The van der Waals surface area contributed by atoms with E-state index in [0.29, 0.717) is 16.5 Å². The molecule has 1 unspecified atom stereocenters. The maximum absolute atomic E-state index is 13.4. The highest BCUT2D eigenvalue weighted by molar-refractivity contribution is 7.90. The number of hydrogen-bond donors (Lipinski definition) is 0. The van der Waals surface area contributed by atoms with Gasteiger partial charge in [-0.25, -0.2) is 12.7 Å². The van der Waals surface area contributed by atoms with Gasteiger partial charge in [-0.05, 0) is 48.2 Å². The Balaban J connectivity index is 1.59. The molecule has 0 N–H and O–H groups in total. The smallest absolute Gasteiger partial charge is 0.269 e. The first-order valence-corrected chi connectivity index (χ1v) is 12.7. The summed E-state index contributed by atoms with van der Waals surface area (Å²) in [5.74, 6) is -0.399. The van der Waals surface area contributed by atoms with Crippen molar-refractivity contribution in [1.82, 2.24) is 9.21 Å². The molecule has 2 amide bonds. The molecule has 0 saturated heterocycles. The summed E-state index contributed by atoms with van der Waals surface area (Å²) in [4.78, 5) is 28.9. The lowest BCUT2D eigenvalue weighted by Gasteiger charge is -2.31. The standard InChI is InChI=1S/C24H24N2O5S2/c1-17(14-20-6-5-13-32-20)25(15-18-9-11-19(31-2)12-10-18)23(27)16-26-24(28)21-7-3-4-8-22(21)33(26,29)30/h3-13,17H,14-16H2,1-2H3. The zero-order valence-electron chi connectivity index (χ0n) is 18.3. The van der Waals surface area contributed by atoms with Crippen LogP contribution in [0, 0.1) is 0 Å². The number of sulfonamides is 1. The maximum Gasteiger partial charge on any atom is 0.269 e. The van der Waals surface area contributed by atoms with Crippen molar-refractivity contribution in [2.24, 2.45) is 0 Å². The predicted molar refractivity (Wildman–Crippen MR) is 126 cm³/mol. The van der Waals surface area contributed by atoms with E-state index in [1.807, 2.05) is 48.7 Å². The van der Waals surface area contributed by atoms with Gasteiger partial charge in [0.25, 0.3) is 15.9 Å². The monoisotopic (exact) mass is 484 g/mol. The zero-order valence-corrected chi connectivity index (χ0v) is 19.9. The van der Waals surface area contributed by atoms with Gasteiger partial charge < -0.3 is 9.64 Å². The van der Waals surface area contributed by atoms with E-state index in [9.17, 15) is 18.0 Å². The predicted octanol–water partition coefficient (Wildman–Crippen LogP) is 3.56. The van der Waals surface area contributed by atoms with Gasteiger partial charge in [-0.3, -0.25) is 9.59 Å². The molecule has 3 aromatic rings. The molecule has 2 heterocycles. The molecule has 0 saturated carbocycles. The molecule has 9 heteroatoms. The first-order valence-electron chi connectivity index (χ1n) is 10.4. The normalized spacial score (nSPS) is 15.2. The molecule has 0 radical (unpaired) electrons. The van der Waals surface area contributed by atoms with Crippen molar-refractivity contribution in [3.63, 3.8) is 0 Å². The van der Waals surface area contributed by atoms with Crippen molar-refractivity contribution < 1.29 is 22.7 Å². The van der Waals surface area contributed by atoms with Gasteiger partial charge in [0.1, 0.15) is 17.2 Å². The highest BCUT2D eigenvalue weighted by atomic mass is 32.2. The van der Waals surface area contributed by atoms with Crippen LogP contribution in [0.15, 0.2) is 70.9 Å². The number of nitrogens with zero attached hydrogens (tertiary/aromatic N) is 2. The molecule has 7 nitrogen and oxygen atoms in total. The van der Waals surface area contributed by atoms with Crippen LogP contribution in [0.1, 0.15) is 27.7 Å². The average molecular weight is 485 g/mol. The Morgan fingerprint density at radius 2 is 1.82 bits per heavy atom. The molecular formula is C24H24N2O5S2. The lowest BCUT2D eigenvalue weighted by atomic mass is 10.1. The minimum absolute atomic E-state index is 0.0591. The molecule has 0 bridgehead atoms. The molecule has 1 aromatic heterocycles. The summed E-state index contributed by atoms with van der Waals surface area (Å²) in [6.45, 7) is 1.67. The van der Waals surface area contributed by atoms with Crippen LogP contribution < -0.4 is 4.74 Å². The minimum Gasteiger partial charge on any atom is -0.497 e. The number of benzene rings is 2. The molecule has 172 valence electrons. The highest BCUT2D eigenvalue weighted by Gasteiger charge is 2.42. The number of amides is 2. The van der Waals surface area contributed by atoms with E-state index in [0.717, 1.165) is 10.4 Å². The summed E-state index contributed by atoms with van der Waals surface area (Å²) in [5, 5.41) is 1.98. The van der Waals surface area contributed by atoms with Crippen molar-refractivity contribution in [2.45, 2.75) is 30.8 Å². The van der Waals surface area contributed by atoms with Gasteiger partial charge in [0, 0.05) is 23.9 Å². The molecule has 0 fully saturated rings. The maximum atomic E-state index is 13.4. The number of methoxy groups -OCH3 is 1. The number of fused-ring (bicyclic) bond motifs is 1. The molecule has 1 aliphatic heterocycles. The van der Waals surface area contributed by atoms with E-state index in [2.05, 4.69) is 0 Å². The van der Waals surface area contributed by atoms with Gasteiger partial charge in [0.05, 0.1) is 12.7 Å². The summed E-state index contributed by atoms with van der Waals surface area (Å²) >= 11 is 1.60. The fourth-order valence-corrected chi connectivity index (χ4v) is 6.19. The summed E-state index contributed by atoms with van der Waals surface area (Å²) in [7, 11) is -2.48. The molecule has 1 atom stereocenters. The number of ether oxygens (including phenoxy) is 1. The Hall–Kier alpha value is -3.17. The lowest BCUT2D eigenvalue weighted by Crippen LogP contribution is -2.46. The van der Waals surface area contributed by atoms with E-state index < -0.39 is 28.4 Å². The number of thiophene rings is 1. The third kappa shape index (κ3) is 4.65. The fraction of sp³-hybridized carbons (Fsp3) is 0.250. The molecule has 33 heavy (non-hydrogen) atoms. The van der Waals surface area contributed by atoms with Crippen molar-refractivity contribution in [1.29, 1.82) is 0 Å². The first kappa shape index (κ1) is 23.0. The van der Waals surface area contributed by atoms with Gasteiger partial charge in [-0.15, -0.1) is 11.3 Å². The second-order valence-corrected chi connectivity index (χ2v) is 10.7.